The van der Waals surface area contributed by atoms with E-state index in [0.29, 0.717) is 5.16 Å². The summed E-state index contributed by atoms with van der Waals surface area (Å²) in [4.78, 5) is 15.0. The number of carbonyl (C=O) groups is 1. The van der Waals surface area contributed by atoms with E-state index in [1.165, 1.54) is 11.8 Å². The van der Waals surface area contributed by atoms with E-state index in [-0.39, 0.29) is 17.7 Å². The highest BCUT2D eigenvalue weighted by molar-refractivity contribution is 7.99. The maximum absolute atomic E-state index is 13.1. The molecule has 5 rings (SSSR count). The van der Waals surface area contributed by atoms with Gasteiger partial charge in [-0.3, -0.25) is 13.8 Å². The van der Waals surface area contributed by atoms with Gasteiger partial charge in [-0.25, -0.2) is 0 Å². The van der Waals surface area contributed by atoms with E-state index in [0.717, 1.165) is 42.3 Å². The second kappa shape index (κ2) is 8.38. The van der Waals surface area contributed by atoms with Crippen molar-refractivity contribution in [2.45, 2.75) is 24.0 Å². The van der Waals surface area contributed by atoms with Gasteiger partial charge in [0.15, 0.2) is 16.6 Å². The van der Waals surface area contributed by atoms with E-state index in [1.807, 2.05) is 62.5 Å². The molecule has 1 atom stereocenters. The molecule has 158 valence electrons. The average molecular weight is 436 g/mol. The highest BCUT2D eigenvalue weighted by atomic mass is 32.2. The molecule has 3 aromatic heterocycles. The van der Waals surface area contributed by atoms with Crippen LogP contribution in [0.5, 0.6) is 5.75 Å². The summed E-state index contributed by atoms with van der Waals surface area (Å²) in [5.41, 5.74) is 1.70. The summed E-state index contributed by atoms with van der Waals surface area (Å²) in [6.45, 7) is 0.719. The Morgan fingerprint density at radius 3 is 2.87 bits per heavy atom. The number of rotatable bonds is 6. The molecule has 0 unspecified atom stereocenters. The third-order valence-electron chi connectivity index (χ3n) is 5.40. The zero-order valence-electron chi connectivity index (χ0n) is 17.0. The van der Waals surface area contributed by atoms with Crippen LogP contribution in [0.3, 0.4) is 0 Å². The number of hydrogen-bond acceptors (Lipinski definition) is 7. The van der Waals surface area contributed by atoms with Crippen LogP contribution in [0.15, 0.2) is 60.1 Å². The third kappa shape index (κ3) is 3.74. The molecule has 1 fully saturated rings. The Balaban J connectivity index is 1.30. The monoisotopic (exact) mass is 435 g/mol. The summed E-state index contributed by atoms with van der Waals surface area (Å²) in [7, 11) is 1.63. The number of carbonyl (C=O) groups excluding carboxylic acids is 1. The van der Waals surface area contributed by atoms with Gasteiger partial charge >= 0.3 is 0 Å². The number of aromatic nitrogens is 6. The van der Waals surface area contributed by atoms with Gasteiger partial charge < -0.3 is 9.64 Å². The molecule has 31 heavy (non-hydrogen) atoms. The van der Waals surface area contributed by atoms with Gasteiger partial charge in [0, 0.05) is 18.4 Å². The van der Waals surface area contributed by atoms with Crippen molar-refractivity contribution in [2.24, 2.45) is 0 Å². The summed E-state index contributed by atoms with van der Waals surface area (Å²) in [6.07, 6.45) is 5.42. The quantitative estimate of drug-likeness (QED) is 0.430. The average Bonchev–Trinajstić information content (AvgIpc) is 3.56. The number of hydrogen-bond donors (Lipinski definition) is 0. The lowest BCUT2D eigenvalue weighted by Crippen LogP contribution is -2.33. The number of thioether (sulfide) groups is 1. The Labute approximate surface area is 183 Å². The van der Waals surface area contributed by atoms with Gasteiger partial charge in [0.05, 0.1) is 18.9 Å². The molecule has 0 N–H and O–H groups in total. The van der Waals surface area contributed by atoms with Crippen molar-refractivity contribution in [3.8, 4) is 11.4 Å². The van der Waals surface area contributed by atoms with E-state index >= 15 is 0 Å². The van der Waals surface area contributed by atoms with E-state index in [1.54, 1.807) is 13.4 Å². The molecule has 0 aliphatic carbocycles. The number of pyridine rings is 1. The Hall–Kier alpha value is -3.40. The lowest BCUT2D eigenvalue weighted by Gasteiger charge is -2.23. The minimum Gasteiger partial charge on any atom is -0.497 e. The Bertz CT molecular complexity index is 1200. The molecule has 1 aromatic carbocycles. The summed E-state index contributed by atoms with van der Waals surface area (Å²) < 4.78 is 9.04. The summed E-state index contributed by atoms with van der Waals surface area (Å²) >= 11 is 1.38. The van der Waals surface area contributed by atoms with E-state index in [2.05, 4.69) is 20.4 Å². The summed E-state index contributed by atoms with van der Waals surface area (Å²) in [6, 6.07) is 13.4. The maximum atomic E-state index is 13.1. The van der Waals surface area contributed by atoms with Crippen LogP contribution in [0.2, 0.25) is 0 Å². The molecule has 1 aliphatic heterocycles. The molecule has 1 saturated heterocycles. The van der Waals surface area contributed by atoms with Crippen molar-refractivity contribution in [1.29, 1.82) is 0 Å². The lowest BCUT2D eigenvalue weighted by molar-refractivity contribution is -0.129. The number of fused-ring (bicyclic) bond motifs is 1. The number of amides is 1. The third-order valence-corrected chi connectivity index (χ3v) is 6.33. The number of benzene rings is 1. The van der Waals surface area contributed by atoms with Crippen LogP contribution in [0.4, 0.5) is 0 Å². The molecular weight excluding hydrogens is 414 g/mol. The minimum atomic E-state index is -0.0649. The predicted molar refractivity (Wildman–Crippen MR) is 115 cm³/mol. The normalized spacial score (nSPS) is 16.2. The summed E-state index contributed by atoms with van der Waals surface area (Å²) in [5.74, 6) is 1.93. The fraction of sp³-hybridized carbons (Fsp3) is 0.286. The maximum Gasteiger partial charge on any atom is 0.233 e. The van der Waals surface area contributed by atoms with Crippen LogP contribution in [-0.4, -0.2) is 59.6 Å². The number of ether oxygens (including phenoxy) is 1. The highest BCUT2D eigenvalue weighted by Gasteiger charge is 2.33. The van der Waals surface area contributed by atoms with Crippen LogP contribution in [0.1, 0.15) is 24.7 Å². The molecule has 0 radical (unpaired) electrons. The Kier molecular flexibility index (Phi) is 5.29. The molecule has 0 saturated carbocycles. The fourth-order valence-corrected chi connectivity index (χ4v) is 4.69. The fourth-order valence-electron chi connectivity index (χ4n) is 3.87. The first-order valence-electron chi connectivity index (χ1n) is 10.0. The number of likely N-dealkylation sites (tertiary alicyclic amines) is 1. The standard InChI is InChI=1S/C21H21N7O2S/c1-30-16-9-7-15(8-10-16)28-14-22-25-21(28)31-13-19(29)26-12-4-5-17(26)20-24-23-18-6-2-3-11-27(18)20/h2-3,6-11,14,17H,4-5,12-13H2,1H3/t17-/m0/s1. The first-order valence-corrected chi connectivity index (χ1v) is 11.0. The smallest absolute Gasteiger partial charge is 0.233 e. The van der Waals surface area contributed by atoms with Crippen molar-refractivity contribution >= 4 is 23.3 Å². The molecule has 4 heterocycles. The van der Waals surface area contributed by atoms with Gasteiger partial charge in [-0.2, -0.15) is 0 Å². The molecule has 0 bridgehead atoms. The van der Waals surface area contributed by atoms with Gasteiger partial charge in [0.1, 0.15) is 12.1 Å². The van der Waals surface area contributed by atoms with E-state index in [4.69, 9.17) is 4.74 Å². The lowest BCUT2D eigenvalue weighted by atomic mass is 10.2. The SMILES string of the molecule is COc1ccc(-n2cnnc2SCC(=O)N2CCC[C@H]2c2nnc3ccccn23)cc1. The van der Waals surface area contributed by atoms with Crippen molar-refractivity contribution < 1.29 is 9.53 Å². The minimum absolute atomic E-state index is 0.0597. The molecule has 1 amide bonds. The second-order valence-electron chi connectivity index (χ2n) is 7.20. The molecule has 4 aromatic rings. The Morgan fingerprint density at radius 2 is 2.03 bits per heavy atom. The van der Waals surface area contributed by atoms with Gasteiger partial charge in [-0.15, -0.1) is 20.4 Å². The van der Waals surface area contributed by atoms with Crippen LogP contribution in [0.25, 0.3) is 11.3 Å². The van der Waals surface area contributed by atoms with Crippen LogP contribution in [0, 0.1) is 0 Å². The molecular formula is C21H21N7O2S. The van der Waals surface area contributed by atoms with Crippen molar-refractivity contribution in [3.05, 3.63) is 60.8 Å². The first kappa shape index (κ1) is 19.6. The van der Waals surface area contributed by atoms with Gasteiger partial charge in [-0.05, 0) is 49.2 Å². The van der Waals surface area contributed by atoms with Crippen molar-refractivity contribution in [1.82, 2.24) is 34.3 Å². The second-order valence-corrected chi connectivity index (χ2v) is 8.14. The number of methoxy groups -OCH3 is 1. The van der Waals surface area contributed by atoms with Crippen molar-refractivity contribution in [2.75, 3.05) is 19.4 Å². The zero-order valence-corrected chi connectivity index (χ0v) is 17.8. The Morgan fingerprint density at radius 1 is 1.16 bits per heavy atom. The van der Waals surface area contributed by atoms with Gasteiger partial charge in [0.25, 0.3) is 0 Å². The van der Waals surface area contributed by atoms with Gasteiger partial charge in [-0.1, -0.05) is 17.8 Å². The molecule has 9 nitrogen and oxygen atoms in total. The van der Waals surface area contributed by atoms with E-state index < -0.39 is 0 Å². The topological polar surface area (TPSA) is 90.4 Å². The van der Waals surface area contributed by atoms with Crippen LogP contribution in [-0.2, 0) is 4.79 Å². The van der Waals surface area contributed by atoms with Crippen LogP contribution < -0.4 is 4.74 Å². The first-order chi connectivity index (χ1) is 15.2. The number of nitrogens with zero attached hydrogens (tertiary/aromatic N) is 7. The van der Waals surface area contributed by atoms with Gasteiger partial charge in [0.2, 0.25) is 5.91 Å². The molecule has 1 aliphatic rings. The van der Waals surface area contributed by atoms with Crippen LogP contribution >= 0.6 is 11.8 Å². The highest BCUT2D eigenvalue weighted by Crippen LogP contribution is 2.32. The predicted octanol–water partition coefficient (Wildman–Crippen LogP) is 2.77. The largest absolute Gasteiger partial charge is 0.497 e. The molecule has 10 heteroatoms. The molecule has 0 spiro atoms. The zero-order chi connectivity index (χ0) is 21.2. The van der Waals surface area contributed by atoms with E-state index in [9.17, 15) is 4.79 Å². The summed E-state index contributed by atoms with van der Waals surface area (Å²) in [5, 5.41) is 17.5. The van der Waals surface area contributed by atoms with Crippen molar-refractivity contribution in [3.63, 3.8) is 0 Å².